The van der Waals surface area contributed by atoms with E-state index in [4.69, 9.17) is 0 Å². The van der Waals surface area contributed by atoms with Crippen LogP contribution in [0.4, 0.5) is 0 Å². The average molecular weight is 197 g/mol. The van der Waals surface area contributed by atoms with E-state index in [-0.39, 0.29) is 5.54 Å². The summed E-state index contributed by atoms with van der Waals surface area (Å²) in [5.74, 6) is 1.21. The van der Waals surface area contributed by atoms with Crippen LogP contribution < -0.4 is 5.32 Å². The second kappa shape index (κ2) is 4.92. The van der Waals surface area contributed by atoms with Gasteiger partial charge in [0.2, 0.25) is 0 Å². The van der Waals surface area contributed by atoms with E-state index >= 15 is 0 Å². The first kappa shape index (κ1) is 11.7. The summed E-state index contributed by atoms with van der Waals surface area (Å²) in [5.41, 5.74) is -0.171. The van der Waals surface area contributed by atoms with Gasteiger partial charge in [-0.25, -0.2) is 0 Å². The van der Waals surface area contributed by atoms with Gasteiger partial charge in [0.1, 0.15) is 0 Å². The summed E-state index contributed by atoms with van der Waals surface area (Å²) in [6.45, 7) is 7.24. The zero-order valence-corrected chi connectivity index (χ0v) is 9.73. The average Bonchev–Trinajstić information content (AvgIpc) is 2.21. The fourth-order valence-corrected chi connectivity index (χ4v) is 2.49. The van der Waals surface area contributed by atoms with Crippen molar-refractivity contribution >= 4 is 5.78 Å². The lowest BCUT2D eigenvalue weighted by Crippen LogP contribution is -2.53. The third-order valence-corrected chi connectivity index (χ3v) is 3.50. The molecule has 1 saturated carbocycles. The van der Waals surface area contributed by atoms with Gasteiger partial charge in [0.05, 0.1) is 5.54 Å². The summed E-state index contributed by atoms with van der Waals surface area (Å²) in [5, 5.41) is 3.42. The van der Waals surface area contributed by atoms with Crippen LogP contribution in [0, 0.1) is 5.92 Å². The van der Waals surface area contributed by atoms with Gasteiger partial charge in [0.15, 0.2) is 5.78 Å². The van der Waals surface area contributed by atoms with Crippen molar-refractivity contribution in [3.05, 3.63) is 0 Å². The summed E-state index contributed by atoms with van der Waals surface area (Å²) < 4.78 is 0. The molecule has 14 heavy (non-hydrogen) atoms. The van der Waals surface area contributed by atoms with E-state index in [1.54, 1.807) is 0 Å². The molecular formula is C12H23NO. The van der Waals surface area contributed by atoms with Crippen LogP contribution in [-0.4, -0.2) is 17.9 Å². The Morgan fingerprint density at radius 1 is 1.36 bits per heavy atom. The molecule has 0 radical (unpaired) electrons. The number of likely N-dealkylation sites (N-methyl/N-ethyl adjacent to an activating group) is 1. The van der Waals surface area contributed by atoms with Gasteiger partial charge in [-0.3, -0.25) is 4.79 Å². The quantitative estimate of drug-likeness (QED) is 0.750. The molecule has 0 saturated heterocycles. The lowest BCUT2D eigenvalue weighted by molar-refractivity contribution is -0.126. The minimum Gasteiger partial charge on any atom is -0.305 e. The predicted molar refractivity (Wildman–Crippen MR) is 59.3 cm³/mol. The summed E-state index contributed by atoms with van der Waals surface area (Å²) >= 11 is 0. The van der Waals surface area contributed by atoms with Crippen LogP contribution in [0.25, 0.3) is 0 Å². The van der Waals surface area contributed by atoms with Gasteiger partial charge in [-0.2, -0.15) is 0 Å². The Bertz CT molecular complexity index is 192. The largest absolute Gasteiger partial charge is 0.305 e. The molecule has 82 valence electrons. The fourth-order valence-electron chi connectivity index (χ4n) is 2.49. The SMILES string of the molecule is CCNC1(C(=O)CC)CCC(C)CC1. The van der Waals surface area contributed by atoms with Crippen molar-refractivity contribution in [1.29, 1.82) is 0 Å². The van der Waals surface area contributed by atoms with E-state index in [0.29, 0.717) is 12.2 Å². The topological polar surface area (TPSA) is 29.1 Å². The molecule has 1 aliphatic carbocycles. The van der Waals surface area contributed by atoms with Gasteiger partial charge in [-0.15, -0.1) is 0 Å². The highest BCUT2D eigenvalue weighted by molar-refractivity contribution is 5.88. The minimum atomic E-state index is -0.171. The summed E-state index contributed by atoms with van der Waals surface area (Å²) in [4.78, 5) is 11.9. The van der Waals surface area contributed by atoms with Crippen LogP contribution in [0.5, 0.6) is 0 Å². The van der Waals surface area contributed by atoms with Crippen LogP contribution in [0.15, 0.2) is 0 Å². The van der Waals surface area contributed by atoms with Crippen molar-refractivity contribution in [2.45, 2.75) is 58.4 Å². The molecule has 0 aliphatic heterocycles. The van der Waals surface area contributed by atoms with Gasteiger partial charge in [0.25, 0.3) is 0 Å². The fraction of sp³-hybridized carbons (Fsp3) is 0.917. The van der Waals surface area contributed by atoms with Crippen molar-refractivity contribution in [3.63, 3.8) is 0 Å². The Hall–Kier alpha value is -0.370. The summed E-state index contributed by atoms with van der Waals surface area (Å²) in [6.07, 6.45) is 5.13. The standard InChI is InChI=1S/C12H23NO/c1-4-11(14)12(13-5-2)8-6-10(3)7-9-12/h10,13H,4-9H2,1-3H3. The van der Waals surface area contributed by atoms with Crippen LogP contribution in [-0.2, 0) is 4.79 Å². The van der Waals surface area contributed by atoms with E-state index in [9.17, 15) is 4.79 Å². The van der Waals surface area contributed by atoms with Crippen molar-refractivity contribution in [2.75, 3.05) is 6.54 Å². The minimum absolute atomic E-state index is 0.171. The van der Waals surface area contributed by atoms with Crippen molar-refractivity contribution < 1.29 is 4.79 Å². The Balaban J connectivity index is 2.67. The van der Waals surface area contributed by atoms with E-state index in [1.807, 2.05) is 6.92 Å². The Morgan fingerprint density at radius 3 is 2.36 bits per heavy atom. The number of hydrogen-bond acceptors (Lipinski definition) is 2. The molecule has 0 spiro atoms. The molecule has 0 amide bonds. The second-order valence-corrected chi connectivity index (χ2v) is 4.57. The number of ketones is 1. The molecular weight excluding hydrogens is 174 g/mol. The lowest BCUT2D eigenvalue weighted by atomic mass is 9.74. The number of rotatable bonds is 4. The third-order valence-electron chi connectivity index (χ3n) is 3.50. The molecule has 0 unspecified atom stereocenters. The highest BCUT2D eigenvalue weighted by atomic mass is 16.1. The molecule has 1 fully saturated rings. The molecule has 1 aliphatic rings. The Kier molecular flexibility index (Phi) is 4.11. The van der Waals surface area contributed by atoms with E-state index < -0.39 is 0 Å². The van der Waals surface area contributed by atoms with Crippen LogP contribution >= 0.6 is 0 Å². The number of nitrogens with one attached hydrogen (secondary N) is 1. The Labute approximate surface area is 87.5 Å². The maximum absolute atomic E-state index is 11.9. The van der Waals surface area contributed by atoms with Crippen molar-refractivity contribution in [3.8, 4) is 0 Å². The van der Waals surface area contributed by atoms with E-state index in [1.165, 1.54) is 12.8 Å². The second-order valence-electron chi connectivity index (χ2n) is 4.57. The highest BCUT2D eigenvalue weighted by Gasteiger charge is 2.38. The molecule has 2 heteroatoms. The normalized spacial score (nSPS) is 32.9. The van der Waals surface area contributed by atoms with Gasteiger partial charge in [0, 0.05) is 6.42 Å². The first-order valence-electron chi connectivity index (χ1n) is 5.93. The van der Waals surface area contributed by atoms with E-state index in [0.717, 1.165) is 25.3 Å². The van der Waals surface area contributed by atoms with E-state index in [2.05, 4.69) is 19.2 Å². The molecule has 0 atom stereocenters. The molecule has 0 aromatic heterocycles. The third kappa shape index (κ3) is 2.35. The van der Waals surface area contributed by atoms with Gasteiger partial charge in [-0.1, -0.05) is 20.8 Å². The van der Waals surface area contributed by atoms with Gasteiger partial charge >= 0.3 is 0 Å². The summed E-state index contributed by atoms with van der Waals surface area (Å²) in [7, 11) is 0. The molecule has 0 bridgehead atoms. The first-order valence-corrected chi connectivity index (χ1v) is 5.93. The lowest BCUT2D eigenvalue weighted by Gasteiger charge is -2.38. The first-order chi connectivity index (χ1) is 6.64. The van der Waals surface area contributed by atoms with Crippen molar-refractivity contribution in [1.82, 2.24) is 5.32 Å². The number of carbonyl (C=O) groups excluding carboxylic acids is 1. The maximum atomic E-state index is 11.9. The number of carbonyl (C=O) groups is 1. The number of hydrogen-bond donors (Lipinski definition) is 1. The molecule has 1 N–H and O–H groups in total. The molecule has 0 heterocycles. The maximum Gasteiger partial charge on any atom is 0.152 e. The predicted octanol–water partition coefficient (Wildman–Crippen LogP) is 2.52. The van der Waals surface area contributed by atoms with Crippen LogP contribution in [0.2, 0.25) is 0 Å². The zero-order chi connectivity index (χ0) is 10.6. The highest BCUT2D eigenvalue weighted by Crippen LogP contribution is 2.33. The molecule has 0 aromatic rings. The van der Waals surface area contributed by atoms with Crippen molar-refractivity contribution in [2.24, 2.45) is 5.92 Å². The monoisotopic (exact) mass is 197 g/mol. The van der Waals surface area contributed by atoms with Gasteiger partial charge < -0.3 is 5.32 Å². The summed E-state index contributed by atoms with van der Waals surface area (Å²) in [6, 6.07) is 0. The number of Topliss-reactive ketones (excluding diaryl/α,β-unsaturated/α-hetero) is 1. The Morgan fingerprint density at radius 2 is 1.93 bits per heavy atom. The van der Waals surface area contributed by atoms with Crippen LogP contribution in [0.1, 0.15) is 52.9 Å². The molecule has 0 aromatic carbocycles. The van der Waals surface area contributed by atoms with Crippen LogP contribution in [0.3, 0.4) is 0 Å². The zero-order valence-electron chi connectivity index (χ0n) is 9.73. The molecule has 2 nitrogen and oxygen atoms in total. The van der Waals surface area contributed by atoms with Gasteiger partial charge in [-0.05, 0) is 38.1 Å². The molecule has 1 rings (SSSR count). The smallest absolute Gasteiger partial charge is 0.152 e.